The molecule has 0 bridgehead atoms. The molecule has 0 aromatic carbocycles. The van der Waals surface area contributed by atoms with Crippen LogP contribution >= 0.6 is 0 Å². The summed E-state index contributed by atoms with van der Waals surface area (Å²) in [5, 5.41) is 6.22. The molecule has 0 unspecified atom stereocenters. The predicted molar refractivity (Wildman–Crippen MR) is 42.2 cm³/mol. The molecule has 0 aromatic rings. The maximum atomic E-state index is 11.4. The Hall–Kier alpha value is -0.570. The molecule has 2 aliphatic rings. The third kappa shape index (κ3) is 1.03. The van der Waals surface area contributed by atoms with Crippen molar-refractivity contribution in [3.63, 3.8) is 0 Å². The van der Waals surface area contributed by atoms with Crippen LogP contribution in [-0.4, -0.2) is 24.5 Å². The maximum absolute atomic E-state index is 11.4. The molecule has 0 radical (unpaired) electrons. The van der Waals surface area contributed by atoms with Crippen LogP contribution in [0.5, 0.6) is 0 Å². The van der Waals surface area contributed by atoms with Crippen LogP contribution in [-0.2, 0) is 4.79 Å². The minimum atomic E-state index is -0.168. The van der Waals surface area contributed by atoms with Crippen LogP contribution in [0.2, 0.25) is 0 Å². The van der Waals surface area contributed by atoms with E-state index >= 15 is 0 Å². The first kappa shape index (κ1) is 7.10. The van der Waals surface area contributed by atoms with E-state index in [1.165, 1.54) is 0 Å². The van der Waals surface area contributed by atoms with Gasteiger partial charge in [0.15, 0.2) is 0 Å². The van der Waals surface area contributed by atoms with Crippen LogP contribution in [0.3, 0.4) is 0 Å². The van der Waals surface area contributed by atoms with Crippen molar-refractivity contribution in [2.24, 2.45) is 0 Å². The third-order valence-electron chi connectivity index (χ3n) is 2.74. The normalized spacial score (nSPS) is 37.6. The second kappa shape index (κ2) is 2.48. The van der Waals surface area contributed by atoms with Crippen molar-refractivity contribution in [3.05, 3.63) is 0 Å². The Balaban J connectivity index is 2.13. The first-order valence-electron chi connectivity index (χ1n) is 4.37. The number of hydrogen-bond donors (Lipinski definition) is 2. The van der Waals surface area contributed by atoms with Gasteiger partial charge in [-0.2, -0.15) is 0 Å². The molecule has 2 heterocycles. The maximum Gasteiger partial charge on any atom is 0.240 e. The van der Waals surface area contributed by atoms with Crippen molar-refractivity contribution in [2.75, 3.05) is 13.1 Å². The van der Waals surface area contributed by atoms with Crippen LogP contribution in [0, 0.1) is 0 Å². The molecule has 0 saturated carbocycles. The lowest BCUT2D eigenvalue weighted by Gasteiger charge is -2.32. The highest BCUT2D eigenvalue weighted by molar-refractivity contribution is 5.87. The molecule has 2 aliphatic heterocycles. The van der Waals surface area contributed by atoms with Crippen LogP contribution in [0.15, 0.2) is 0 Å². The summed E-state index contributed by atoms with van der Waals surface area (Å²) in [5.74, 6) is 0.223. The van der Waals surface area contributed by atoms with Crippen molar-refractivity contribution in [2.45, 2.75) is 31.2 Å². The molecule has 11 heavy (non-hydrogen) atoms. The van der Waals surface area contributed by atoms with E-state index in [1.807, 2.05) is 0 Å². The summed E-state index contributed by atoms with van der Waals surface area (Å²) in [6, 6.07) is 0. The van der Waals surface area contributed by atoms with Gasteiger partial charge in [0.05, 0.1) is 5.54 Å². The second-order valence-electron chi connectivity index (χ2n) is 3.47. The summed E-state index contributed by atoms with van der Waals surface area (Å²) >= 11 is 0. The Kier molecular flexibility index (Phi) is 1.60. The number of amides is 1. The monoisotopic (exact) mass is 154 g/mol. The van der Waals surface area contributed by atoms with Crippen molar-refractivity contribution < 1.29 is 4.79 Å². The van der Waals surface area contributed by atoms with Crippen molar-refractivity contribution in [3.8, 4) is 0 Å². The lowest BCUT2D eigenvalue weighted by molar-refractivity contribution is -0.128. The number of rotatable bonds is 0. The molecule has 2 N–H and O–H groups in total. The smallest absolute Gasteiger partial charge is 0.240 e. The summed E-state index contributed by atoms with van der Waals surface area (Å²) in [5.41, 5.74) is -0.168. The van der Waals surface area contributed by atoms with E-state index in [-0.39, 0.29) is 11.4 Å². The fourth-order valence-corrected chi connectivity index (χ4v) is 2.09. The zero-order chi connectivity index (χ0) is 7.73. The number of hydrogen-bond acceptors (Lipinski definition) is 2. The van der Waals surface area contributed by atoms with Gasteiger partial charge in [-0.3, -0.25) is 4.79 Å². The van der Waals surface area contributed by atoms with Crippen molar-refractivity contribution in [1.29, 1.82) is 0 Å². The van der Waals surface area contributed by atoms with Crippen LogP contribution in [0.4, 0.5) is 0 Å². The minimum Gasteiger partial charge on any atom is -0.354 e. The Morgan fingerprint density at radius 2 is 1.91 bits per heavy atom. The van der Waals surface area contributed by atoms with Crippen LogP contribution in [0.25, 0.3) is 0 Å². The zero-order valence-electron chi connectivity index (χ0n) is 6.65. The summed E-state index contributed by atoms with van der Waals surface area (Å²) in [6.07, 6.45) is 4.32. The van der Waals surface area contributed by atoms with Gasteiger partial charge in [-0.25, -0.2) is 0 Å². The molecule has 2 fully saturated rings. The lowest BCUT2D eigenvalue weighted by atomic mass is 9.88. The highest BCUT2D eigenvalue weighted by Crippen LogP contribution is 2.26. The average Bonchev–Trinajstić information content (AvgIpc) is 2.46. The highest BCUT2D eigenvalue weighted by atomic mass is 16.2. The SMILES string of the molecule is O=C1NCCC[C@]12CCCN2. The van der Waals surface area contributed by atoms with Gasteiger partial charge < -0.3 is 10.6 Å². The van der Waals surface area contributed by atoms with Gasteiger partial charge in [-0.15, -0.1) is 0 Å². The molecule has 3 heteroatoms. The molecular weight excluding hydrogens is 140 g/mol. The van der Waals surface area contributed by atoms with Crippen LogP contribution < -0.4 is 10.6 Å². The summed E-state index contributed by atoms with van der Waals surface area (Å²) in [6.45, 7) is 1.87. The first-order valence-corrected chi connectivity index (χ1v) is 4.37. The van der Waals surface area contributed by atoms with E-state index in [2.05, 4.69) is 10.6 Å². The second-order valence-corrected chi connectivity index (χ2v) is 3.47. The van der Waals surface area contributed by atoms with E-state index in [4.69, 9.17) is 0 Å². The number of carbonyl (C=O) groups excluding carboxylic acids is 1. The van der Waals surface area contributed by atoms with Gasteiger partial charge in [-0.1, -0.05) is 0 Å². The molecular formula is C8H14N2O. The number of carbonyl (C=O) groups is 1. The van der Waals surface area contributed by atoms with E-state index in [0.29, 0.717) is 0 Å². The van der Waals surface area contributed by atoms with Crippen molar-refractivity contribution in [1.82, 2.24) is 10.6 Å². The fraction of sp³-hybridized carbons (Fsp3) is 0.875. The minimum absolute atomic E-state index is 0.168. The Morgan fingerprint density at radius 1 is 1.18 bits per heavy atom. The molecule has 0 aromatic heterocycles. The summed E-state index contributed by atoms with van der Waals surface area (Å²) in [4.78, 5) is 11.4. The summed E-state index contributed by atoms with van der Waals surface area (Å²) < 4.78 is 0. The molecule has 2 rings (SSSR count). The molecule has 2 saturated heterocycles. The van der Waals surface area contributed by atoms with Gasteiger partial charge >= 0.3 is 0 Å². The van der Waals surface area contributed by atoms with E-state index < -0.39 is 0 Å². The fourth-order valence-electron chi connectivity index (χ4n) is 2.09. The van der Waals surface area contributed by atoms with Crippen LogP contribution in [0.1, 0.15) is 25.7 Å². The first-order chi connectivity index (χ1) is 5.33. The molecule has 0 aliphatic carbocycles. The van der Waals surface area contributed by atoms with Gasteiger partial charge in [0.1, 0.15) is 0 Å². The Labute approximate surface area is 66.5 Å². The van der Waals surface area contributed by atoms with Gasteiger partial charge in [0.25, 0.3) is 0 Å². The average molecular weight is 154 g/mol. The van der Waals surface area contributed by atoms with Gasteiger partial charge in [0, 0.05) is 6.54 Å². The van der Waals surface area contributed by atoms with Crippen molar-refractivity contribution >= 4 is 5.91 Å². The van der Waals surface area contributed by atoms with E-state index in [1.54, 1.807) is 0 Å². The molecule has 1 atom stereocenters. The van der Waals surface area contributed by atoms with E-state index in [9.17, 15) is 4.79 Å². The molecule has 3 nitrogen and oxygen atoms in total. The largest absolute Gasteiger partial charge is 0.354 e. The molecule has 1 spiro atoms. The number of nitrogens with one attached hydrogen (secondary N) is 2. The standard InChI is InChI=1S/C8H14N2O/c11-7-8(3-1-5-9-7)4-2-6-10-8/h10H,1-6H2,(H,9,11)/t8-/m0/s1. The Bertz CT molecular complexity index is 173. The van der Waals surface area contributed by atoms with Gasteiger partial charge in [0.2, 0.25) is 5.91 Å². The molecule has 62 valence electrons. The predicted octanol–water partition coefficient (Wildman–Crippen LogP) is 0.0186. The Morgan fingerprint density at radius 3 is 2.55 bits per heavy atom. The molecule has 1 amide bonds. The lowest BCUT2D eigenvalue weighted by Crippen LogP contribution is -2.56. The number of piperidine rings is 1. The quantitative estimate of drug-likeness (QED) is 0.516. The summed E-state index contributed by atoms with van der Waals surface area (Å²) in [7, 11) is 0. The zero-order valence-corrected chi connectivity index (χ0v) is 6.65. The highest BCUT2D eigenvalue weighted by Gasteiger charge is 2.41. The topological polar surface area (TPSA) is 41.1 Å². The van der Waals surface area contributed by atoms with Gasteiger partial charge in [-0.05, 0) is 32.2 Å². The third-order valence-corrected chi connectivity index (χ3v) is 2.74. The van der Waals surface area contributed by atoms with E-state index in [0.717, 1.165) is 38.8 Å².